The van der Waals surface area contributed by atoms with Gasteiger partial charge in [0, 0.05) is 25.4 Å². The van der Waals surface area contributed by atoms with Gasteiger partial charge in [-0.15, -0.1) is 0 Å². The first-order chi connectivity index (χ1) is 12.3. The van der Waals surface area contributed by atoms with Crippen molar-refractivity contribution in [2.45, 2.75) is 50.3 Å². The topological polar surface area (TPSA) is 66.5 Å². The molecule has 2 amide bonds. The van der Waals surface area contributed by atoms with Gasteiger partial charge in [-0.2, -0.15) is 0 Å². The van der Waals surface area contributed by atoms with Gasteiger partial charge in [0.2, 0.25) is 0 Å². The van der Waals surface area contributed by atoms with Gasteiger partial charge in [0.1, 0.15) is 9.84 Å². The Labute approximate surface area is 156 Å². The molecule has 1 N–H and O–H groups in total. The molecule has 1 fully saturated rings. The Bertz CT molecular complexity index is 793. The Morgan fingerprint density at radius 1 is 1.19 bits per heavy atom. The number of amides is 2. The van der Waals surface area contributed by atoms with E-state index in [2.05, 4.69) is 42.6 Å². The maximum Gasteiger partial charge on any atom is 0.317 e. The summed E-state index contributed by atoms with van der Waals surface area (Å²) in [5, 5.41) is 2.84. The standard InChI is InChI=1S/C20H28N2O3S/c1-15-4-3-5-17(14-15)16-10-12-22(13-11-16)20(23)21-18-6-8-19(9-7-18)26(2,24)25/h3-5,10,14,18-19H,6-9,11-13H2,1-2H3,(H,21,23). The highest BCUT2D eigenvalue weighted by atomic mass is 32.2. The van der Waals surface area contributed by atoms with Crippen LogP contribution in [0.25, 0.3) is 5.57 Å². The fourth-order valence-corrected chi connectivity index (χ4v) is 4.99. The number of carbonyl (C=O) groups excluding carboxylic acids is 1. The molecule has 3 rings (SSSR count). The molecule has 1 aromatic carbocycles. The first kappa shape index (κ1) is 19.0. The highest BCUT2D eigenvalue weighted by Gasteiger charge is 2.29. The second-order valence-electron chi connectivity index (χ2n) is 7.55. The molecule has 26 heavy (non-hydrogen) atoms. The molecule has 0 radical (unpaired) electrons. The molecule has 1 aromatic rings. The minimum Gasteiger partial charge on any atom is -0.335 e. The maximum absolute atomic E-state index is 12.5. The molecule has 5 nitrogen and oxygen atoms in total. The SMILES string of the molecule is Cc1cccc(C2=CCN(C(=O)NC3CCC(S(C)(=O)=O)CC3)CC2)c1. The smallest absolute Gasteiger partial charge is 0.317 e. The van der Waals surface area contributed by atoms with Crippen LogP contribution < -0.4 is 5.32 Å². The number of hydrogen-bond acceptors (Lipinski definition) is 3. The van der Waals surface area contributed by atoms with Gasteiger partial charge in [0.25, 0.3) is 0 Å². The Morgan fingerprint density at radius 2 is 1.92 bits per heavy atom. The van der Waals surface area contributed by atoms with Crippen LogP contribution in [0.3, 0.4) is 0 Å². The van der Waals surface area contributed by atoms with Crippen LogP contribution in [-0.2, 0) is 9.84 Å². The molecule has 0 atom stereocenters. The number of hydrogen-bond donors (Lipinski definition) is 1. The summed E-state index contributed by atoms with van der Waals surface area (Å²) in [6.45, 7) is 3.42. The van der Waals surface area contributed by atoms with Crippen LogP contribution in [0.4, 0.5) is 4.79 Å². The summed E-state index contributed by atoms with van der Waals surface area (Å²) >= 11 is 0. The summed E-state index contributed by atoms with van der Waals surface area (Å²) in [7, 11) is -2.96. The fourth-order valence-electron chi connectivity index (χ4n) is 3.86. The fraction of sp³-hybridized carbons (Fsp3) is 0.550. The summed E-state index contributed by atoms with van der Waals surface area (Å²) in [6.07, 6.45) is 7.06. The molecular weight excluding hydrogens is 348 g/mol. The normalized spacial score (nSPS) is 24.1. The number of sulfone groups is 1. The number of nitrogens with zero attached hydrogens (tertiary/aromatic N) is 1. The number of nitrogens with one attached hydrogen (secondary N) is 1. The predicted molar refractivity (Wildman–Crippen MR) is 105 cm³/mol. The average molecular weight is 377 g/mol. The average Bonchev–Trinajstić information content (AvgIpc) is 2.61. The van der Waals surface area contributed by atoms with Gasteiger partial charge < -0.3 is 10.2 Å². The first-order valence-electron chi connectivity index (χ1n) is 9.33. The highest BCUT2D eigenvalue weighted by Crippen LogP contribution is 2.25. The van der Waals surface area contributed by atoms with Gasteiger partial charge in [0.15, 0.2) is 0 Å². The van der Waals surface area contributed by atoms with Gasteiger partial charge in [-0.05, 0) is 50.2 Å². The van der Waals surface area contributed by atoms with Crippen molar-refractivity contribution in [2.24, 2.45) is 0 Å². The number of rotatable bonds is 3. The van der Waals surface area contributed by atoms with E-state index in [9.17, 15) is 13.2 Å². The second-order valence-corrected chi connectivity index (χ2v) is 9.87. The van der Waals surface area contributed by atoms with E-state index >= 15 is 0 Å². The quantitative estimate of drug-likeness (QED) is 0.881. The molecule has 1 heterocycles. The van der Waals surface area contributed by atoms with Crippen LogP contribution in [0.1, 0.15) is 43.2 Å². The Kier molecular flexibility index (Phi) is 5.70. The van der Waals surface area contributed by atoms with Crippen LogP contribution in [0, 0.1) is 6.92 Å². The van der Waals surface area contributed by atoms with E-state index in [0.29, 0.717) is 25.9 Å². The first-order valence-corrected chi connectivity index (χ1v) is 11.3. The molecule has 0 spiro atoms. The van der Waals surface area contributed by atoms with E-state index in [-0.39, 0.29) is 17.3 Å². The van der Waals surface area contributed by atoms with Crippen LogP contribution in [0.2, 0.25) is 0 Å². The highest BCUT2D eigenvalue weighted by molar-refractivity contribution is 7.91. The molecular formula is C20H28N2O3S. The number of carbonyl (C=O) groups is 1. The predicted octanol–water partition coefficient (Wildman–Crippen LogP) is 3.15. The van der Waals surface area contributed by atoms with Gasteiger partial charge >= 0.3 is 6.03 Å². The molecule has 142 valence electrons. The van der Waals surface area contributed by atoms with Crippen LogP contribution in [-0.4, -0.2) is 50.0 Å². The monoisotopic (exact) mass is 376 g/mol. The van der Waals surface area contributed by atoms with Crippen LogP contribution in [0.15, 0.2) is 30.3 Å². The minimum atomic E-state index is -2.96. The lowest BCUT2D eigenvalue weighted by Crippen LogP contribution is -2.48. The number of urea groups is 1. The van der Waals surface area contributed by atoms with Crippen molar-refractivity contribution in [3.63, 3.8) is 0 Å². The Morgan fingerprint density at radius 3 is 2.50 bits per heavy atom. The molecule has 1 aliphatic heterocycles. The van der Waals surface area contributed by atoms with E-state index in [1.54, 1.807) is 0 Å². The third-order valence-electron chi connectivity index (χ3n) is 5.49. The third kappa shape index (κ3) is 4.67. The maximum atomic E-state index is 12.5. The summed E-state index contributed by atoms with van der Waals surface area (Å²) < 4.78 is 23.3. The summed E-state index contributed by atoms with van der Waals surface area (Å²) in [5.41, 5.74) is 3.78. The Hall–Kier alpha value is -1.82. The summed E-state index contributed by atoms with van der Waals surface area (Å²) in [5.74, 6) is 0. The van der Waals surface area contributed by atoms with Crippen molar-refractivity contribution >= 4 is 21.4 Å². The lowest BCUT2D eigenvalue weighted by Gasteiger charge is -2.32. The van der Waals surface area contributed by atoms with E-state index in [1.165, 1.54) is 23.0 Å². The largest absolute Gasteiger partial charge is 0.335 e. The van der Waals surface area contributed by atoms with Crippen molar-refractivity contribution in [1.82, 2.24) is 10.2 Å². The minimum absolute atomic E-state index is 0.0349. The number of aryl methyl sites for hydroxylation is 1. The van der Waals surface area contributed by atoms with Gasteiger partial charge in [0.05, 0.1) is 5.25 Å². The van der Waals surface area contributed by atoms with E-state index in [4.69, 9.17) is 0 Å². The zero-order valence-corrected chi connectivity index (χ0v) is 16.4. The van der Waals surface area contributed by atoms with Gasteiger partial charge in [-0.3, -0.25) is 0 Å². The van der Waals surface area contributed by atoms with Gasteiger partial charge in [-0.25, -0.2) is 13.2 Å². The van der Waals surface area contributed by atoms with E-state index in [1.807, 2.05) is 4.90 Å². The van der Waals surface area contributed by atoms with Crippen molar-refractivity contribution in [3.8, 4) is 0 Å². The zero-order chi connectivity index (χ0) is 18.7. The van der Waals surface area contributed by atoms with Gasteiger partial charge in [-0.1, -0.05) is 35.9 Å². The van der Waals surface area contributed by atoms with Crippen molar-refractivity contribution in [1.29, 1.82) is 0 Å². The van der Waals surface area contributed by atoms with Crippen molar-refractivity contribution in [3.05, 3.63) is 41.5 Å². The van der Waals surface area contributed by atoms with E-state index < -0.39 is 9.84 Å². The second kappa shape index (κ2) is 7.82. The molecule has 0 saturated heterocycles. The third-order valence-corrected chi connectivity index (χ3v) is 7.17. The van der Waals surface area contributed by atoms with Crippen molar-refractivity contribution < 1.29 is 13.2 Å². The summed E-state index contributed by atoms with van der Waals surface area (Å²) in [4.78, 5) is 14.3. The lowest BCUT2D eigenvalue weighted by molar-refractivity contribution is 0.195. The molecule has 0 unspecified atom stereocenters. The summed E-state index contributed by atoms with van der Waals surface area (Å²) in [6, 6.07) is 8.51. The van der Waals surface area contributed by atoms with Crippen LogP contribution in [0.5, 0.6) is 0 Å². The lowest BCUT2D eigenvalue weighted by atomic mass is 9.95. The molecule has 2 aliphatic rings. The van der Waals surface area contributed by atoms with E-state index in [0.717, 1.165) is 19.3 Å². The Balaban J connectivity index is 1.51. The number of benzene rings is 1. The molecule has 1 saturated carbocycles. The van der Waals surface area contributed by atoms with Crippen molar-refractivity contribution in [2.75, 3.05) is 19.3 Å². The van der Waals surface area contributed by atoms with Crippen LogP contribution >= 0.6 is 0 Å². The molecule has 0 aromatic heterocycles. The zero-order valence-electron chi connectivity index (χ0n) is 15.6. The molecule has 1 aliphatic carbocycles. The molecule has 0 bridgehead atoms. The molecule has 6 heteroatoms.